The van der Waals surface area contributed by atoms with Crippen LogP contribution in [0.3, 0.4) is 0 Å². The average Bonchev–Trinajstić information content (AvgIpc) is 3.05. The fourth-order valence-electron chi connectivity index (χ4n) is 2.90. The first kappa shape index (κ1) is 17.9. The Morgan fingerprint density at radius 1 is 1.08 bits per heavy atom. The van der Waals surface area contributed by atoms with Gasteiger partial charge in [-0.15, -0.1) is 0 Å². The summed E-state index contributed by atoms with van der Waals surface area (Å²) in [5, 5.41) is 7.76. The lowest BCUT2D eigenvalue weighted by molar-refractivity contribution is -0.121. The molecule has 0 unspecified atom stereocenters. The van der Waals surface area contributed by atoms with Crippen molar-refractivity contribution >= 4 is 5.91 Å². The third-order valence-corrected chi connectivity index (χ3v) is 4.21. The van der Waals surface area contributed by atoms with E-state index in [1.54, 1.807) is 0 Å². The molecule has 1 amide bonds. The van der Waals surface area contributed by atoms with Crippen molar-refractivity contribution in [3.8, 4) is 16.9 Å². The lowest BCUT2D eigenvalue weighted by Gasteiger charge is -2.08. The molecule has 0 spiro atoms. The van der Waals surface area contributed by atoms with Crippen molar-refractivity contribution in [1.82, 2.24) is 15.1 Å². The molecule has 0 saturated heterocycles. The summed E-state index contributed by atoms with van der Waals surface area (Å²) in [4.78, 5) is 12.1. The lowest BCUT2D eigenvalue weighted by Crippen LogP contribution is -2.30. The number of hydrogen-bond donors (Lipinski definition) is 1. The van der Waals surface area contributed by atoms with Crippen molar-refractivity contribution in [3.63, 3.8) is 0 Å². The number of hydrogen-bond acceptors (Lipinski definition) is 2. The van der Waals surface area contributed by atoms with Crippen LogP contribution >= 0.6 is 0 Å². The summed E-state index contributed by atoms with van der Waals surface area (Å²) in [6, 6.07) is 18.6. The zero-order valence-electron chi connectivity index (χ0n) is 15.6. The number of nitrogens with zero attached hydrogens (tertiary/aromatic N) is 2. The minimum Gasteiger partial charge on any atom is -0.354 e. The SMILES string of the molecule is Cc1ccc(-c2nn(-c3ccccc3)cc2CCC(=O)NC(C)C)cc1. The van der Waals surface area contributed by atoms with Crippen LogP contribution in [0, 0.1) is 6.92 Å². The molecule has 0 saturated carbocycles. The van der Waals surface area contributed by atoms with Crippen LogP contribution < -0.4 is 5.32 Å². The molecule has 3 aromatic rings. The maximum absolute atomic E-state index is 12.1. The van der Waals surface area contributed by atoms with E-state index in [4.69, 9.17) is 5.10 Å². The average molecular weight is 347 g/mol. The first-order valence-electron chi connectivity index (χ1n) is 9.03. The zero-order valence-corrected chi connectivity index (χ0v) is 15.6. The fraction of sp³-hybridized carbons (Fsp3) is 0.273. The normalized spacial score (nSPS) is 10.9. The second kappa shape index (κ2) is 8.00. The number of nitrogens with one attached hydrogen (secondary N) is 1. The van der Waals surface area contributed by atoms with Gasteiger partial charge in [0.2, 0.25) is 5.91 Å². The number of para-hydroxylation sites is 1. The summed E-state index contributed by atoms with van der Waals surface area (Å²) in [6.07, 6.45) is 3.15. The third kappa shape index (κ3) is 4.39. The van der Waals surface area contributed by atoms with Gasteiger partial charge in [0.05, 0.1) is 11.4 Å². The van der Waals surface area contributed by atoms with E-state index < -0.39 is 0 Å². The van der Waals surface area contributed by atoms with Crippen molar-refractivity contribution in [3.05, 3.63) is 71.9 Å². The molecule has 0 radical (unpaired) electrons. The Balaban J connectivity index is 1.91. The minimum atomic E-state index is 0.0716. The van der Waals surface area contributed by atoms with Crippen LogP contribution in [0.5, 0.6) is 0 Å². The predicted octanol–water partition coefficient (Wildman–Crippen LogP) is 4.30. The summed E-state index contributed by atoms with van der Waals surface area (Å²) in [5.41, 5.74) is 5.32. The van der Waals surface area contributed by atoms with Crippen molar-refractivity contribution in [2.24, 2.45) is 0 Å². The number of aromatic nitrogens is 2. The van der Waals surface area contributed by atoms with Crippen LogP contribution in [-0.4, -0.2) is 21.7 Å². The summed E-state index contributed by atoms with van der Waals surface area (Å²) in [5.74, 6) is 0.0716. The molecule has 1 heterocycles. The van der Waals surface area contributed by atoms with Gasteiger partial charge in [-0.3, -0.25) is 4.79 Å². The molecule has 4 heteroatoms. The molecular formula is C22H25N3O. The van der Waals surface area contributed by atoms with Crippen LogP contribution in [0.2, 0.25) is 0 Å². The highest BCUT2D eigenvalue weighted by Crippen LogP contribution is 2.25. The van der Waals surface area contributed by atoms with Gasteiger partial charge < -0.3 is 5.32 Å². The Hall–Kier alpha value is -2.88. The number of amides is 1. The minimum absolute atomic E-state index is 0.0716. The monoisotopic (exact) mass is 347 g/mol. The van der Waals surface area contributed by atoms with Crippen LogP contribution in [0.4, 0.5) is 0 Å². The second-order valence-corrected chi connectivity index (χ2v) is 6.87. The predicted molar refractivity (Wildman–Crippen MR) is 105 cm³/mol. The topological polar surface area (TPSA) is 46.9 Å². The highest BCUT2D eigenvalue weighted by Gasteiger charge is 2.14. The Labute approximate surface area is 154 Å². The van der Waals surface area contributed by atoms with Gasteiger partial charge >= 0.3 is 0 Å². The van der Waals surface area contributed by atoms with E-state index in [2.05, 4.69) is 36.5 Å². The smallest absolute Gasteiger partial charge is 0.220 e. The molecule has 0 aliphatic carbocycles. The molecule has 0 fully saturated rings. The molecule has 0 bridgehead atoms. The van der Waals surface area contributed by atoms with Crippen LogP contribution in [-0.2, 0) is 11.2 Å². The molecule has 0 atom stereocenters. The summed E-state index contributed by atoms with van der Waals surface area (Å²) in [6.45, 7) is 6.02. The van der Waals surface area contributed by atoms with Crippen LogP contribution in [0.25, 0.3) is 16.9 Å². The van der Waals surface area contributed by atoms with Crippen molar-refractivity contribution in [2.75, 3.05) is 0 Å². The molecule has 26 heavy (non-hydrogen) atoms. The molecule has 3 rings (SSSR count). The first-order chi connectivity index (χ1) is 12.5. The number of aryl methyl sites for hydroxylation is 2. The molecule has 0 aliphatic rings. The Bertz CT molecular complexity index is 864. The molecule has 4 nitrogen and oxygen atoms in total. The Morgan fingerprint density at radius 2 is 1.77 bits per heavy atom. The van der Waals surface area contributed by atoms with Crippen LogP contribution in [0.1, 0.15) is 31.4 Å². The lowest BCUT2D eigenvalue weighted by atomic mass is 10.0. The molecule has 0 aliphatic heterocycles. The van der Waals surface area contributed by atoms with E-state index in [9.17, 15) is 4.79 Å². The highest BCUT2D eigenvalue weighted by molar-refractivity contribution is 5.77. The van der Waals surface area contributed by atoms with Gasteiger partial charge in [0, 0.05) is 24.2 Å². The maximum Gasteiger partial charge on any atom is 0.220 e. The highest BCUT2D eigenvalue weighted by atomic mass is 16.1. The van der Waals surface area contributed by atoms with Gasteiger partial charge in [-0.1, -0.05) is 48.0 Å². The second-order valence-electron chi connectivity index (χ2n) is 6.87. The summed E-state index contributed by atoms with van der Waals surface area (Å²) in [7, 11) is 0. The van der Waals surface area contributed by atoms with E-state index in [1.165, 1.54) is 5.56 Å². The van der Waals surface area contributed by atoms with Gasteiger partial charge in [-0.2, -0.15) is 5.10 Å². The zero-order chi connectivity index (χ0) is 18.5. The number of benzene rings is 2. The van der Waals surface area contributed by atoms with Gasteiger partial charge in [-0.05, 0) is 44.9 Å². The fourth-order valence-corrected chi connectivity index (χ4v) is 2.90. The van der Waals surface area contributed by atoms with Gasteiger partial charge in [-0.25, -0.2) is 4.68 Å². The standard InChI is InChI=1S/C22H25N3O/c1-16(2)23-21(26)14-13-19-15-25(20-7-5-4-6-8-20)24-22(19)18-11-9-17(3)10-12-18/h4-12,15-16H,13-14H2,1-3H3,(H,23,26). The largest absolute Gasteiger partial charge is 0.354 e. The molecule has 2 aromatic carbocycles. The van der Waals surface area contributed by atoms with E-state index in [1.807, 2.05) is 55.1 Å². The molecule has 1 aromatic heterocycles. The molecule has 134 valence electrons. The third-order valence-electron chi connectivity index (χ3n) is 4.21. The summed E-state index contributed by atoms with van der Waals surface area (Å²) >= 11 is 0. The Morgan fingerprint density at radius 3 is 2.42 bits per heavy atom. The maximum atomic E-state index is 12.1. The van der Waals surface area contributed by atoms with Gasteiger partial charge in [0.1, 0.15) is 0 Å². The van der Waals surface area contributed by atoms with E-state index in [0.717, 1.165) is 22.5 Å². The van der Waals surface area contributed by atoms with E-state index in [0.29, 0.717) is 12.8 Å². The van der Waals surface area contributed by atoms with E-state index in [-0.39, 0.29) is 11.9 Å². The van der Waals surface area contributed by atoms with Gasteiger partial charge in [0.15, 0.2) is 0 Å². The van der Waals surface area contributed by atoms with Crippen molar-refractivity contribution in [2.45, 2.75) is 39.7 Å². The molecular weight excluding hydrogens is 322 g/mol. The molecule has 1 N–H and O–H groups in total. The van der Waals surface area contributed by atoms with Crippen molar-refractivity contribution < 1.29 is 4.79 Å². The quantitative estimate of drug-likeness (QED) is 0.722. The Kier molecular flexibility index (Phi) is 5.52. The van der Waals surface area contributed by atoms with Crippen molar-refractivity contribution in [1.29, 1.82) is 0 Å². The van der Waals surface area contributed by atoms with E-state index >= 15 is 0 Å². The number of carbonyl (C=O) groups excluding carboxylic acids is 1. The number of rotatable bonds is 6. The summed E-state index contributed by atoms with van der Waals surface area (Å²) < 4.78 is 1.89. The van der Waals surface area contributed by atoms with Crippen LogP contribution in [0.15, 0.2) is 60.8 Å². The first-order valence-corrected chi connectivity index (χ1v) is 9.03. The number of carbonyl (C=O) groups is 1. The van der Waals surface area contributed by atoms with Gasteiger partial charge in [0.25, 0.3) is 0 Å².